The van der Waals surface area contributed by atoms with Crippen LogP contribution in [0.25, 0.3) is 0 Å². The van der Waals surface area contributed by atoms with Gasteiger partial charge >= 0.3 is 0 Å². The van der Waals surface area contributed by atoms with Gasteiger partial charge in [0.25, 0.3) is 0 Å². The SMILES string of the molecule is CCC1(C)C(=O)NC(C)C(=O)N1Cc1cc(F)cc(Br)c1. The van der Waals surface area contributed by atoms with E-state index in [1.165, 1.54) is 17.0 Å². The highest BCUT2D eigenvalue weighted by atomic mass is 79.9. The fourth-order valence-electron chi connectivity index (χ4n) is 2.50. The van der Waals surface area contributed by atoms with E-state index in [1.807, 2.05) is 6.92 Å². The summed E-state index contributed by atoms with van der Waals surface area (Å²) < 4.78 is 14.1. The summed E-state index contributed by atoms with van der Waals surface area (Å²) in [4.78, 5) is 26.2. The van der Waals surface area contributed by atoms with Crippen LogP contribution in [0.1, 0.15) is 32.8 Å². The first kappa shape index (κ1) is 15.9. The van der Waals surface area contributed by atoms with Crippen LogP contribution in [0.5, 0.6) is 0 Å². The Balaban J connectivity index is 2.37. The molecule has 1 heterocycles. The van der Waals surface area contributed by atoms with Crippen LogP contribution in [-0.4, -0.2) is 28.3 Å². The maximum absolute atomic E-state index is 13.5. The van der Waals surface area contributed by atoms with Crippen molar-refractivity contribution in [2.75, 3.05) is 0 Å². The van der Waals surface area contributed by atoms with Crippen molar-refractivity contribution in [1.82, 2.24) is 10.2 Å². The number of halogens is 2. The standard InChI is InChI=1S/C15H18BrFN2O2/c1-4-15(3)14(21)18-9(2)13(20)19(15)8-10-5-11(16)7-12(17)6-10/h5-7,9H,4,8H2,1-3H3,(H,18,21). The molecule has 6 heteroatoms. The van der Waals surface area contributed by atoms with Gasteiger partial charge in [-0.2, -0.15) is 0 Å². The van der Waals surface area contributed by atoms with Crippen molar-refractivity contribution in [3.05, 3.63) is 34.1 Å². The van der Waals surface area contributed by atoms with E-state index in [2.05, 4.69) is 21.2 Å². The lowest BCUT2D eigenvalue weighted by atomic mass is 9.90. The molecule has 0 aliphatic carbocycles. The van der Waals surface area contributed by atoms with Gasteiger partial charge < -0.3 is 10.2 Å². The molecule has 1 saturated heterocycles. The third-order valence-corrected chi connectivity index (χ3v) is 4.48. The van der Waals surface area contributed by atoms with Gasteiger partial charge in [0.05, 0.1) is 0 Å². The molecule has 2 amide bonds. The molecule has 2 rings (SSSR count). The number of benzene rings is 1. The van der Waals surface area contributed by atoms with Gasteiger partial charge in [-0.05, 0) is 44.0 Å². The van der Waals surface area contributed by atoms with Crippen LogP contribution in [0.3, 0.4) is 0 Å². The second-order valence-electron chi connectivity index (χ2n) is 5.52. The van der Waals surface area contributed by atoms with Gasteiger partial charge in [-0.1, -0.05) is 22.9 Å². The largest absolute Gasteiger partial charge is 0.343 e. The van der Waals surface area contributed by atoms with Crippen LogP contribution in [-0.2, 0) is 16.1 Å². The third-order valence-electron chi connectivity index (χ3n) is 4.02. The smallest absolute Gasteiger partial charge is 0.246 e. The molecule has 1 aliphatic rings. The molecule has 0 saturated carbocycles. The molecule has 1 fully saturated rings. The number of hydrogen-bond donors (Lipinski definition) is 1. The molecule has 1 aromatic carbocycles. The fourth-order valence-corrected chi connectivity index (χ4v) is 3.01. The van der Waals surface area contributed by atoms with Crippen LogP contribution in [0.15, 0.2) is 22.7 Å². The zero-order chi connectivity index (χ0) is 15.8. The van der Waals surface area contributed by atoms with E-state index < -0.39 is 11.6 Å². The van der Waals surface area contributed by atoms with E-state index in [1.54, 1.807) is 19.9 Å². The molecule has 0 bridgehead atoms. The van der Waals surface area contributed by atoms with Crippen molar-refractivity contribution >= 4 is 27.7 Å². The molecule has 0 aromatic heterocycles. The number of hydrogen-bond acceptors (Lipinski definition) is 2. The normalized spacial score (nSPS) is 26.0. The molecule has 1 aromatic rings. The summed E-state index contributed by atoms with van der Waals surface area (Å²) in [6.07, 6.45) is 0.494. The van der Waals surface area contributed by atoms with Gasteiger partial charge in [0.1, 0.15) is 17.4 Å². The van der Waals surface area contributed by atoms with E-state index in [4.69, 9.17) is 0 Å². The van der Waals surface area contributed by atoms with Crippen molar-refractivity contribution in [3.8, 4) is 0 Å². The van der Waals surface area contributed by atoms with Crippen LogP contribution in [0.4, 0.5) is 4.39 Å². The van der Waals surface area contributed by atoms with Gasteiger partial charge in [-0.15, -0.1) is 0 Å². The predicted molar refractivity (Wildman–Crippen MR) is 81.0 cm³/mol. The number of amides is 2. The van der Waals surface area contributed by atoms with Crippen molar-refractivity contribution < 1.29 is 14.0 Å². The highest BCUT2D eigenvalue weighted by Gasteiger charge is 2.46. The average molecular weight is 357 g/mol. The van der Waals surface area contributed by atoms with Gasteiger partial charge in [-0.25, -0.2) is 4.39 Å². The van der Waals surface area contributed by atoms with Crippen LogP contribution < -0.4 is 5.32 Å². The monoisotopic (exact) mass is 356 g/mol. The minimum absolute atomic E-state index is 0.153. The zero-order valence-corrected chi connectivity index (χ0v) is 13.8. The second kappa shape index (κ2) is 5.75. The first-order valence-corrected chi connectivity index (χ1v) is 7.64. The maximum atomic E-state index is 13.5. The van der Waals surface area contributed by atoms with E-state index >= 15 is 0 Å². The number of piperazine rings is 1. The molecule has 1 N–H and O–H groups in total. The van der Waals surface area contributed by atoms with Crippen LogP contribution >= 0.6 is 15.9 Å². The number of rotatable bonds is 3. The second-order valence-corrected chi connectivity index (χ2v) is 6.44. The summed E-state index contributed by atoms with van der Waals surface area (Å²) in [6, 6.07) is 3.93. The topological polar surface area (TPSA) is 49.4 Å². The Morgan fingerprint density at radius 2 is 2.05 bits per heavy atom. The Hall–Kier alpha value is -1.43. The van der Waals surface area contributed by atoms with Crippen molar-refractivity contribution in [1.29, 1.82) is 0 Å². The lowest BCUT2D eigenvalue weighted by molar-refractivity contribution is -0.157. The Morgan fingerprint density at radius 1 is 1.38 bits per heavy atom. The molecule has 21 heavy (non-hydrogen) atoms. The molecule has 2 unspecified atom stereocenters. The van der Waals surface area contributed by atoms with Gasteiger partial charge in [0.2, 0.25) is 11.8 Å². The molecule has 2 atom stereocenters. The van der Waals surface area contributed by atoms with Crippen LogP contribution in [0, 0.1) is 5.82 Å². The summed E-state index contributed by atoms with van der Waals surface area (Å²) in [5.41, 5.74) is -0.264. The molecule has 4 nitrogen and oxygen atoms in total. The Labute approximate surface area is 131 Å². The molecule has 114 valence electrons. The summed E-state index contributed by atoms with van der Waals surface area (Å²) in [5.74, 6) is -0.702. The molecular weight excluding hydrogens is 339 g/mol. The van der Waals surface area contributed by atoms with Gasteiger partial charge in [0.15, 0.2) is 0 Å². The number of nitrogens with zero attached hydrogens (tertiary/aromatic N) is 1. The van der Waals surface area contributed by atoms with E-state index in [9.17, 15) is 14.0 Å². The Morgan fingerprint density at radius 3 is 2.62 bits per heavy atom. The first-order chi connectivity index (χ1) is 9.77. The van der Waals surface area contributed by atoms with Gasteiger partial charge in [0, 0.05) is 11.0 Å². The summed E-state index contributed by atoms with van der Waals surface area (Å²) >= 11 is 3.24. The van der Waals surface area contributed by atoms with Gasteiger partial charge in [-0.3, -0.25) is 9.59 Å². The minimum Gasteiger partial charge on any atom is -0.343 e. The van der Waals surface area contributed by atoms with Crippen molar-refractivity contribution in [2.24, 2.45) is 0 Å². The maximum Gasteiger partial charge on any atom is 0.246 e. The fraction of sp³-hybridized carbons (Fsp3) is 0.467. The molecular formula is C15H18BrFN2O2. The van der Waals surface area contributed by atoms with E-state index in [0.717, 1.165) is 0 Å². The summed E-state index contributed by atoms with van der Waals surface area (Å²) in [5, 5.41) is 2.70. The first-order valence-electron chi connectivity index (χ1n) is 6.85. The van der Waals surface area contributed by atoms with Crippen molar-refractivity contribution in [3.63, 3.8) is 0 Å². The number of nitrogens with one attached hydrogen (secondary N) is 1. The molecule has 1 aliphatic heterocycles. The molecule has 0 spiro atoms. The summed E-state index contributed by atoms with van der Waals surface area (Å²) in [7, 11) is 0. The van der Waals surface area contributed by atoms with E-state index in [0.29, 0.717) is 16.5 Å². The lowest BCUT2D eigenvalue weighted by Crippen LogP contribution is -2.68. The lowest BCUT2D eigenvalue weighted by Gasteiger charge is -2.45. The summed E-state index contributed by atoms with van der Waals surface area (Å²) in [6.45, 7) is 5.46. The zero-order valence-electron chi connectivity index (χ0n) is 12.2. The highest BCUT2D eigenvalue weighted by molar-refractivity contribution is 9.10. The van der Waals surface area contributed by atoms with Crippen LogP contribution in [0.2, 0.25) is 0 Å². The Kier molecular flexibility index (Phi) is 4.37. The minimum atomic E-state index is -0.914. The number of carbonyl (C=O) groups excluding carboxylic acids is 2. The van der Waals surface area contributed by atoms with Crippen molar-refractivity contribution in [2.45, 2.75) is 45.3 Å². The number of carbonyl (C=O) groups is 2. The highest BCUT2D eigenvalue weighted by Crippen LogP contribution is 2.28. The quantitative estimate of drug-likeness (QED) is 0.904. The average Bonchev–Trinajstić information content (AvgIpc) is 2.40. The predicted octanol–water partition coefficient (Wildman–Crippen LogP) is 2.60. The molecule has 0 radical (unpaired) electrons. The third kappa shape index (κ3) is 2.95. The Bertz CT molecular complexity index is 573. The van der Waals surface area contributed by atoms with E-state index in [-0.39, 0.29) is 24.2 Å².